The van der Waals surface area contributed by atoms with E-state index in [1.54, 1.807) is 24.5 Å². The number of anilines is 1. The van der Waals surface area contributed by atoms with Gasteiger partial charge in [-0.05, 0) is 43.7 Å². The molecule has 2 aromatic heterocycles. The SMILES string of the molecule is Cc1nc(-c2ccncc2)[nH]c(=O)c1CCC(=O)N1CCN(c2cccc(Cl)c2)CC1. The number of amides is 1. The number of aromatic amines is 1. The van der Waals surface area contributed by atoms with Crippen LogP contribution in [0.1, 0.15) is 17.7 Å². The average molecular weight is 438 g/mol. The number of nitrogens with zero attached hydrogens (tertiary/aromatic N) is 4. The fraction of sp³-hybridized carbons (Fsp3) is 0.304. The summed E-state index contributed by atoms with van der Waals surface area (Å²) in [6.45, 7) is 4.63. The van der Waals surface area contributed by atoms with Crippen LogP contribution >= 0.6 is 11.6 Å². The molecule has 0 spiro atoms. The molecule has 3 heterocycles. The number of aryl methyl sites for hydroxylation is 1. The molecule has 0 saturated carbocycles. The number of aromatic nitrogens is 3. The number of piperazine rings is 1. The maximum Gasteiger partial charge on any atom is 0.254 e. The molecule has 160 valence electrons. The molecule has 8 heteroatoms. The largest absolute Gasteiger partial charge is 0.368 e. The van der Waals surface area contributed by atoms with Crippen molar-refractivity contribution in [1.29, 1.82) is 0 Å². The summed E-state index contributed by atoms with van der Waals surface area (Å²) in [6.07, 6.45) is 3.97. The van der Waals surface area contributed by atoms with E-state index < -0.39 is 0 Å². The van der Waals surface area contributed by atoms with E-state index in [1.807, 2.05) is 36.1 Å². The molecule has 1 saturated heterocycles. The molecule has 0 radical (unpaired) electrons. The van der Waals surface area contributed by atoms with Crippen molar-refractivity contribution >= 4 is 23.2 Å². The first-order valence-electron chi connectivity index (χ1n) is 10.3. The van der Waals surface area contributed by atoms with Gasteiger partial charge in [0, 0.05) is 72.5 Å². The predicted molar refractivity (Wildman–Crippen MR) is 121 cm³/mol. The van der Waals surface area contributed by atoms with Gasteiger partial charge in [0.1, 0.15) is 5.82 Å². The highest BCUT2D eigenvalue weighted by molar-refractivity contribution is 6.30. The number of pyridine rings is 1. The molecule has 7 nitrogen and oxygen atoms in total. The summed E-state index contributed by atoms with van der Waals surface area (Å²) in [5, 5.41) is 0.708. The van der Waals surface area contributed by atoms with Gasteiger partial charge in [0.2, 0.25) is 5.91 Å². The summed E-state index contributed by atoms with van der Waals surface area (Å²) < 4.78 is 0. The molecule has 3 aromatic rings. The molecule has 31 heavy (non-hydrogen) atoms. The van der Waals surface area contributed by atoms with Crippen LogP contribution in [0.25, 0.3) is 11.4 Å². The summed E-state index contributed by atoms with van der Waals surface area (Å²) >= 11 is 6.09. The highest BCUT2D eigenvalue weighted by atomic mass is 35.5. The maximum absolute atomic E-state index is 12.7. The van der Waals surface area contributed by atoms with Crippen molar-refractivity contribution in [2.24, 2.45) is 0 Å². The van der Waals surface area contributed by atoms with Gasteiger partial charge in [0.05, 0.1) is 0 Å². The van der Waals surface area contributed by atoms with E-state index in [-0.39, 0.29) is 17.9 Å². The van der Waals surface area contributed by atoms with E-state index in [0.717, 1.165) is 24.3 Å². The van der Waals surface area contributed by atoms with Crippen molar-refractivity contribution in [3.63, 3.8) is 0 Å². The first-order chi connectivity index (χ1) is 15.0. The summed E-state index contributed by atoms with van der Waals surface area (Å²) in [7, 11) is 0. The second-order valence-electron chi connectivity index (χ2n) is 7.56. The summed E-state index contributed by atoms with van der Waals surface area (Å²) in [4.78, 5) is 40.7. The monoisotopic (exact) mass is 437 g/mol. The van der Waals surface area contributed by atoms with Crippen LogP contribution in [0.3, 0.4) is 0 Å². The zero-order valence-electron chi connectivity index (χ0n) is 17.3. The zero-order valence-corrected chi connectivity index (χ0v) is 18.1. The van der Waals surface area contributed by atoms with Gasteiger partial charge in [-0.15, -0.1) is 0 Å². The van der Waals surface area contributed by atoms with Crippen LogP contribution in [0.4, 0.5) is 5.69 Å². The third-order valence-corrected chi connectivity index (χ3v) is 5.81. The molecular weight excluding hydrogens is 414 g/mol. The van der Waals surface area contributed by atoms with E-state index in [2.05, 4.69) is 19.9 Å². The molecular formula is C23H24ClN5O2. The van der Waals surface area contributed by atoms with Gasteiger partial charge in [-0.1, -0.05) is 17.7 Å². The molecule has 1 N–H and O–H groups in total. The third-order valence-electron chi connectivity index (χ3n) is 5.57. The minimum absolute atomic E-state index is 0.0581. The number of H-pyrrole nitrogens is 1. The van der Waals surface area contributed by atoms with Crippen LogP contribution in [-0.2, 0) is 11.2 Å². The van der Waals surface area contributed by atoms with Crippen LogP contribution in [-0.4, -0.2) is 51.9 Å². The molecule has 1 aliphatic heterocycles. The molecule has 0 bridgehead atoms. The Kier molecular flexibility index (Phi) is 6.32. The Bertz CT molecular complexity index is 1120. The first kappa shape index (κ1) is 21.1. The Morgan fingerprint density at radius 1 is 1.13 bits per heavy atom. The predicted octanol–water partition coefficient (Wildman–Crippen LogP) is 3.08. The second kappa shape index (κ2) is 9.31. The fourth-order valence-electron chi connectivity index (χ4n) is 3.83. The van der Waals surface area contributed by atoms with Crippen molar-refractivity contribution in [1.82, 2.24) is 19.9 Å². The lowest BCUT2D eigenvalue weighted by Gasteiger charge is -2.36. The van der Waals surface area contributed by atoms with E-state index in [4.69, 9.17) is 11.6 Å². The Labute approximate surface area is 185 Å². The fourth-order valence-corrected chi connectivity index (χ4v) is 4.01. The Morgan fingerprint density at radius 2 is 1.87 bits per heavy atom. The van der Waals surface area contributed by atoms with E-state index in [9.17, 15) is 9.59 Å². The van der Waals surface area contributed by atoms with Gasteiger partial charge in [-0.3, -0.25) is 14.6 Å². The molecule has 4 rings (SSSR count). The lowest BCUT2D eigenvalue weighted by atomic mass is 10.1. The minimum atomic E-state index is -0.196. The van der Waals surface area contributed by atoms with Gasteiger partial charge < -0.3 is 14.8 Å². The molecule has 0 aliphatic carbocycles. The van der Waals surface area contributed by atoms with Crippen molar-refractivity contribution < 1.29 is 4.79 Å². The Morgan fingerprint density at radius 3 is 2.55 bits per heavy atom. The zero-order chi connectivity index (χ0) is 21.8. The Balaban J connectivity index is 1.35. The van der Waals surface area contributed by atoms with Crippen LogP contribution in [0.15, 0.2) is 53.6 Å². The van der Waals surface area contributed by atoms with Crippen LogP contribution in [0, 0.1) is 6.92 Å². The normalized spacial score (nSPS) is 14.0. The summed E-state index contributed by atoms with van der Waals surface area (Å²) in [5.41, 5.74) is 2.88. The van der Waals surface area contributed by atoms with Gasteiger partial charge in [-0.25, -0.2) is 4.98 Å². The summed E-state index contributed by atoms with van der Waals surface area (Å²) in [5.74, 6) is 0.569. The van der Waals surface area contributed by atoms with Gasteiger partial charge in [0.25, 0.3) is 5.56 Å². The first-order valence-corrected chi connectivity index (χ1v) is 10.7. The number of hydrogen-bond acceptors (Lipinski definition) is 5. The number of benzene rings is 1. The van der Waals surface area contributed by atoms with Gasteiger partial charge >= 0.3 is 0 Å². The molecule has 1 aliphatic rings. The van der Waals surface area contributed by atoms with Crippen molar-refractivity contribution in [2.75, 3.05) is 31.1 Å². The third kappa shape index (κ3) is 4.94. The second-order valence-corrected chi connectivity index (χ2v) is 8.00. The Hall–Kier alpha value is -3.19. The molecule has 0 atom stereocenters. The van der Waals surface area contributed by atoms with E-state index in [0.29, 0.717) is 41.6 Å². The van der Waals surface area contributed by atoms with Crippen LogP contribution in [0.5, 0.6) is 0 Å². The summed E-state index contributed by atoms with van der Waals surface area (Å²) in [6, 6.07) is 11.3. The van der Waals surface area contributed by atoms with Crippen molar-refractivity contribution in [3.05, 3.63) is 75.4 Å². The van der Waals surface area contributed by atoms with Crippen LogP contribution < -0.4 is 10.5 Å². The van der Waals surface area contributed by atoms with Crippen molar-refractivity contribution in [2.45, 2.75) is 19.8 Å². The number of rotatable bonds is 5. The highest BCUT2D eigenvalue weighted by Gasteiger charge is 2.22. The highest BCUT2D eigenvalue weighted by Crippen LogP contribution is 2.21. The smallest absolute Gasteiger partial charge is 0.254 e. The maximum atomic E-state index is 12.7. The quantitative estimate of drug-likeness (QED) is 0.663. The lowest BCUT2D eigenvalue weighted by molar-refractivity contribution is -0.131. The molecule has 1 amide bonds. The lowest BCUT2D eigenvalue weighted by Crippen LogP contribution is -2.48. The van der Waals surface area contributed by atoms with Gasteiger partial charge in [0.15, 0.2) is 0 Å². The minimum Gasteiger partial charge on any atom is -0.368 e. The topological polar surface area (TPSA) is 82.2 Å². The standard InChI is InChI=1S/C23H24ClN5O2/c1-16-20(23(31)27-22(26-16)17-7-9-25-10-8-17)5-6-21(30)29-13-11-28(12-14-29)19-4-2-3-18(24)15-19/h2-4,7-10,15H,5-6,11-14H2,1H3,(H,26,27,31). The molecule has 1 aromatic carbocycles. The number of hydrogen-bond donors (Lipinski definition) is 1. The number of carbonyl (C=O) groups is 1. The molecule has 0 unspecified atom stereocenters. The number of halogens is 1. The van der Waals surface area contributed by atoms with E-state index >= 15 is 0 Å². The average Bonchev–Trinajstić information content (AvgIpc) is 2.79. The number of nitrogens with one attached hydrogen (secondary N) is 1. The molecule has 1 fully saturated rings. The van der Waals surface area contributed by atoms with Crippen LogP contribution in [0.2, 0.25) is 5.02 Å². The number of carbonyl (C=O) groups excluding carboxylic acids is 1. The van der Waals surface area contributed by atoms with Gasteiger partial charge in [-0.2, -0.15) is 0 Å². The van der Waals surface area contributed by atoms with Crippen molar-refractivity contribution in [3.8, 4) is 11.4 Å². The van der Waals surface area contributed by atoms with E-state index in [1.165, 1.54) is 0 Å².